The van der Waals surface area contributed by atoms with Crippen LogP contribution in [0.15, 0.2) is 0 Å². The van der Waals surface area contributed by atoms with Gasteiger partial charge in [0.15, 0.2) is 0 Å². The van der Waals surface area contributed by atoms with Crippen molar-refractivity contribution < 1.29 is 26.3 Å². The van der Waals surface area contributed by atoms with Crippen molar-refractivity contribution in [2.45, 2.75) is 0 Å². The fourth-order valence-electron chi connectivity index (χ4n) is 0.245. The van der Waals surface area contributed by atoms with Gasteiger partial charge >= 0.3 is 59.8 Å². The van der Waals surface area contributed by atoms with Gasteiger partial charge in [-0.25, -0.2) is 0 Å². The summed E-state index contributed by atoms with van der Waals surface area (Å²) in [5.74, 6) is 0. The first-order valence-electron chi connectivity index (χ1n) is 2.11. The maximum atomic E-state index is 4.63. The van der Waals surface area contributed by atoms with Crippen LogP contribution >= 0.6 is 0 Å². The van der Waals surface area contributed by atoms with E-state index in [1.807, 2.05) is 10.4 Å². The van der Waals surface area contributed by atoms with Crippen LogP contribution in [0.3, 0.4) is 0 Å². The number of hydrogen-bond acceptors (Lipinski definition) is 4. The average molecular weight is 232 g/mol. The van der Waals surface area contributed by atoms with E-state index >= 15 is 0 Å². The van der Waals surface area contributed by atoms with Gasteiger partial charge in [0.25, 0.3) is 0 Å². The molecule has 0 fully saturated rings. The number of alkyl halides is 1. The molecule has 0 saturated heterocycles. The summed E-state index contributed by atoms with van der Waals surface area (Å²) in [7, 11) is 3.43. The summed E-state index contributed by atoms with van der Waals surface area (Å²) < 4.78 is 1.82. The van der Waals surface area contributed by atoms with Gasteiger partial charge in [-0.3, -0.25) is 0 Å². The van der Waals surface area contributed by atoms with Gasteiger partial charge in [0, 0.05) is 0 Å². The molecule has 52 valence electrons. The Bertz CT molecular complexity index is 49.8. The average Bonchev–Trinajstić information content (AvgIpc) is 1.83. The summed E-state index contributed by atoms with van der Waals surface area (Å²) in [6.45, 7) is 0. The van der Waals surface area contributed by atoms with Crippen LogP contribution in [0.2, 0.25) is 0 Å². The molecule has 0 heterocycles. The zero-order chi connectivity index (χ0) is 6.41. The molecule has 2 N–H and O–H groups in total. The summed E-state index contributed by atoms with van der Waals surface area (Å²) in [5.41, 5.74) is 5.55. The fourth-order valence-corrected chi connectivity index (χ4v) is 1.12. The zero-order valence-corrected chi connectivity index (χ0v) is 7.39. The van der Waals surface area contributed by atoms with Crippen molar-refractivity contribution in [1.29, 1.82) is 0 Å². The molecule has 0 spiro atoms. The van der Waals surface area contributed by atoms with Crippen LogP contribution in [-0.4, -0.2) is 22.4 Å². The molecule has 0 bridgehead atoms. The van der Waals surface area contributed by atoms with Crippen molar-refractivity contribution in [3.8, 4) is 0 Å². The molecule has 0 aromatic heterocycles. The summed E-state index contributed by atoms with van der Waals surface area (Å²) in [6.07, 6.45) is 0. The van der Waals surface area contributed by atoms with E-state index in [1.165, 1.54) is 0 Å². The molecule has 0 aromatic carbocycles. The molecule has 0 unspecified atom stereocenters. The Labute approximate surface area is 60.1 Å². The van der Waals surface area contributed by atoms with Gasteiger partial charge in [-0.1, -0.05) is 0 Å². The van der Waals surface area contributed by atoms with E-state index in [1.54, 1.807) is 7.11 Å². The van der Waals surface area contributed by atoms with Crippen LogP contribution in [0.4, 0.5) is 0 Å². The number of nitrogens with one attached hydrogen (secondary N) is 2. The SMILES string of the molecule is CNN(NOC)[I-]C. The first kappa shape index (κ1) is 8.57. The standard InChI is InChI=1S/C3H11IN3O/c1-4-7(5-2)6-8-3/h5-6H,1-3H3/q-1. The van der Waals surface area contributed by atoms with E-state index in [0.29, 0.717) is 0 Å². The van der Waals surface area contributed by atoms with E-state index < -0.39 is 0 Å². The van der Waals surface area contributed by atoms with E-state index in [0.717, 1.165) is 0 Å². The van der Waals surface area contributed by atoms with Crippen LogP contribution in [0.1, 0.15) is 0 Å². The Balaban J connectivity index is 3.07. The van der Waals surface area contributed by atoms with Gasteiger partial charge in [0.1, 0.15) is 0 Å². The van der Waals surface area contributed by atoms with E-state index in [-0.39, 0.29) is 21.5 Å². The van der Waals surface area contributed by atoms with Crippen molar-refractivity contribution in [2.24, 2.45) is 0 Å². The Morgan fingerprint density at radius 1 is 1.62 bits per heavy atom. The predicted molar refractivity (Wildman–Crippen MR) is 27.0 cm³/mol. The second-order valence-corrected chi connectivity index (χ2v) is 2.90. The number of nitrogens with zero attached hydrogens (tertiary/aromatic N) is 1. The van der Waals surface area contributed by atoms with Gasteiger partial charge in [-0.05, 0) is 0 Å². The van der Waals surface area contributed by atoms with Crippen molar-refractivity contribution in [3.05, 3.63) is 0 Å². The van der Waals surface area contributed by atoms with Crippen LogP contribution < -0.4 is 32.5 Å². The molecule has 0 aliphatic heterocycles. The van der Waals surface area contributed by atoms with E-state index in [4.69, 9.17) is 0 Å². The molecule has 4 nitrogen and oxygen atoms in total. The fraction of sp³-hybridized carbons (Fsp3) is 1.00. The molecule has 0 atom stereocenters. The first-order valence-corrected chi connectivity index (χ1v) is 5.23. The third-order valence-corrected chi connectivity index (χ3v) is 2.18. The Kier molecular flexibility index (Phi) is 6.11. The summed E-state index contributed by atoms with van der Waals surface area (Å²) in [4.78, 5) is 6.74. The topological polar surface area (TPSA) is 36.5 Å². The molecule has 5 heteroatoms. The number of hydrazine groups is 2. The Morgan fingerprint density at radius 3 is 2.38 bits per heavy atom. The summed E-state index contributed by atoms with van der Waals surface area (Å²) in [6, 6.07) is 0. The van der Waals surface area contributed by atoms with Crippen LogP contribution in [0, 0.1) is 0 Å². The van der Waals surface area contributed by atoms with Gasteiger partial charge in [-0.2, -0.15) is 0 Å². The van der Waals surface area contributed by atoms with Crippen LogP contribution in [0.25, 0.3) is 0 Å². The molecule has 8 heavy (non-hydrogen) atoms. The monoisotopic (exact) mass is 232 g/mol. The normalized spacial score (nSPS) is 11.0. The first-order chi connectivity index (χ1) is 3.85. The zero-order valence-electron chi connectivity index (χ0n) is 5.23. The molecular weight excluding hydrogens is 221 g/mol. The van der Waals surface area contributed by atoms with Crippen molar-refractivity contribution >= 4 is 0 Å². The molecule has 0 rings (SSSR count). The van der Waals surface area contributed by atoms with Crippen LogP contribution in [-0.2, 0) is 4.84 Å². The van der Waals surface area contributed by atoms with Crippen molar-refractivity contribution in [3.63, 3.8) is 0 Å². The van der Waals surface area contributed by atoms with Gasteiger partial charge in [0.2, 0.25) is 0 Å². The Hall–Kier alpha value is 0.570. The molecule has 0 radical (unpaired) electrons. The van der Waals surface area contributed by atoms with Crippen LogP contribution in [0.5, 0.6) is 0 Å². The second kappa shape index (κ2) is 5.70. The minimum absolute atomic E-state index is 0.0212. The van der Waals surface area contributed by atoms with Gasteiger partial charge in [0.05, 0.1) is 0 Å². The molecule has 0 aliphatic rings. The molecular formula is C3H11IN3O-. The van der Waals surface area contributed by atoms with Crippen molar-refractivity contribution in [2.75, 3.05) is 19.1 Å². The number of rotatable bonds is 4. The summed E-state index contributed by atoms with van der Waals surface area (Å²) >= 11 is 0.0212. The second-order valence-electron chi connectivity index (χ2n) is 0.969. The molecule has 0 amide bonds. The van der Waals surface area contributed by atoms with E-state index in [2.05, 4.69) is 20.8 Å². The molecule has 0 aromatic rings. The predicted octanol–water partition coefficient (Wildman–Crippen LogP) is -3.88. The van der Waals surface area contributed by atoms with Gasteiger partial charge < -0.3 is 0 Å². The summed E-state index contributed by atoms with van der Waals surface area (Å²) in [5, 5.41) is 0. The minimum atomic E-state index is 0.0212. The quantitative estimate of drug-likeness (QED) is 0.225. The third-order valence-electron chi connectivity index (χ3n) is 0.537. The Morgan fingerprint density at radius 2 is 2.25 bits per heavy atom. The van der Waals surface area contributed by atoms with Gasteiger partial charge in [-0.15, -0.1) is 0 Å². The maximum absolute atomic E-state index is 4.63. The van der Waals surface area contributed by atoms with E-state index in [9.17, 15) is 0 Å². The number of hydrogen-bond donors (Lipinski definition) is 2. The third kappa shape index (κ3) is 3.56. The molecule has 0 saturated carbocycles. The van der Waals surface area contributed by atoms with Crippen molar-refractivity contribution in [1.82, 2.24) is 14.3 Å². The number of halogens is 1. The molecule has 0 aliphatic carbocycles.